The Bertz CT molecular complexity index is 755. The van der Waals surface area contributed by atoms with E-state index < -0.39 is 0 Å². The van der Waals surface area contributed by atoms with Crippen molar-refractivity contribution in [2.45, 2.75) is 38.9 Å². The zero-order valence-electron chi connectivity index (χ0n) is 11.9. The molecular formula is C14H18N4OS. The largest absolute Gasteiger partial charge is 0.383 e. The molecule has 0 amide bonds. The van der Waals surface area contributed by atoms with Crippen LogP contribution < -0.4 is 5.73 Å². The molecule has 0 radical (unpaired) electrons. The monoisotopic (exact) mass is 290 g/mol. The van der Waals surface area contributed by atoms with Crippen LogP contribution in [0.15, 0.2) is 6.33 Å². The molecule has 3 heterocycles. The Morgan fingerprint density at radius 1 is 1.45 bits per heavy atom. The number of pyridine rings is 1. The van der Waals surface area contributed by atoms with E-state index in [-0.39, 0.29) is 5.60 Å². The van der Waals surface area contributed by atoms with E-state index in [4.69, 9.17) is 22.7 Å². The van der Waals surface area contributed by atoms with Gasteiger partial charge in [0.25, 0.3) is 0 Å². The molecule has 0 unspecified atom stereocenters. The maximum absolute atomic E-state index is 6.09. The number of anilines is 1. The van der Waals surface area contributed by atoms with Gasteiger partial charge < -0.3 is 15.0 Å². The summed E-state index contributed by atoms with van der Waals surface area (Å²) in [5.41, 5.74) is 8.90. The minimum Gasteiger partial charge on any atom is -0.383 e. The highest BCUT2D eigenvalue weighted by Gasteiger charge is 2.32. The van der Waals surface area contributed by atoms with Gasteiger partial charge in [0.15, 0.2) is 0 Å². The van der Waals surface area contributed by atoms with Crippen LogP contribution in [0.25, 0.3) is 11.0 Å². The molecule has 6 heteroatoms. The molecule has 1 atom stereocenters. The summed E-state index contributed by atoms with van der Waals surface area (Å²) >= 11 is 5.54. The van der Waals surface area contributed by atoms with E-state index in [9.17, 15) is 0 Å². The Kier molecular flexibility index (Phi) is 3.02. The van der Waals surface area contributed by atoms with E-state index in [0.717, 1.165) is 39.6 Å². The van der Waals surface area contributed by atoms with Crippen molar-refractivity contribution < 1.29 is 4.74 Å². The number of fused-ring (bicyclic) bond motifs is 3. The Labute approximate surface area is 122 Å². The first-order chi connectivity index (χ1) is 9.47. The van der Waals surface area contributed by atoms with Crippen molar-refractivity contribution in [1.29, 1.82) is 0 Å². The van der Waals surface area contributed by atoms with Crippen LogP contribution in [-0.2, 0) is 24.8 Å². The number of aryl methyl sites for hydroxylation is 1. The van der Waals surface area contributed by atoms with Gasteiger partial charge >= 0.3 is 0 Å². The average molecular weight is 290 g/mol. The maximum Gasteiger partial charge on any atom is 0.146 e. The number of aromatic nitrogens is 3. The molecule has 5 nitrogen and oxygen atoms in total. The van der Waals surface area contributed by atoms with E-state index in [2.05, 4.69) is 23.8 Å². The van der Waals surface area contributed by atoms with Crippen LogP contribution in [-0.4, -0.2) is 20.1 Å². The first-order valence-corrected chi connectivity index (χ1v) is 7.12. The predicted molar refractivity (Wildman–Crippen MR) is 80.9 cm³/mol. The van der Waals surface area contributed by atoms with Crippen molar-refractivity contribution in [1.82, 2.24) is 14.5 Å². The maximum atomic E-state index is 6.09. The Balaban J connectivity index is 2.40. The molecule has 1 aliphatic heterocycles. The number of nitrogens with two attached hydrogens (primary N) is 1. The second kappa shape index (κ2) is 4.49. The number of rotatable bonds is 1. The van der Waals surface area contributed by atoms with Crippen LogP contribution in [0.5, 0.6) is 0 Å². The minimum absolute atomic E-state index is 0.177. The fourth-order valence-electron chi connectivity index (χ4n) is 2.75. The number of nitrogen functional groups attached to an aromatic ring is 1. The zero-order chi connectivity index (χ0) is 14.5. The van der Waals surface area contributed by atoms with Crippen LogP contribution in [0, 0.1) is 4.64 Å². The lowest BCUT2D eigenvalue weighted by Gasteiger charge is -2.35. The summed E-state index contributed by atoms with van der Waals surface area (Å²) in [7, 11) is 1.91. The van der Waals surface area contributed by atoms with Crippen molar-refractivity contribution in [3.8, 4) is 0 Å². The normalized spacial score (nSPS) is 21.9. The van der Waals surface area contributed by atoms with E-state index >= 15 is 0 Å². The molecule has 0 aliphatic carbocycles. The van der Waals surface area contributed by atoms with Gasteiger partial charge in [-0.1, -0.05) is 19.1 Å². The smallest absolute Gasteiger partial charge is 0.146 e. The third-order valence-electron chi connectivity index (χ3n) is 4.27. The molecule has 0 saturated heterocycles. The van der Waals surface area contributed by atoms with Gasteiger partial charge in [0.1, 0.15) is 22.4 Å². The second-order valence-electron chi connectivity index (χ2n) is 5.55. The van der Waals surface area contributed by atoms with Crippen molar-refractivity contribution >= 4 is 29.1 Å². The molecular weight excluding hydrogens is 272 g/mol. The molecule has 0 aromatic carbocycles. The SMILES string of the molecule is CC[C@@]1(C)Cc2c(c(=S)n(C)c3ncnc(N)c23)CO1. The van der Waals surface area contributed by atoms with Crippen LogP contribution in [0.2, 0.25) is 0 Å². The van der Waals surface area contributed by atoms with Gasteiger partial charge in [0, 0.05) is 19.0 Å². The highest BCUT2D eigenvalue weighted by atomic mass is 32.1. The quantitative estimate of drug-likeness (QED) is 0.818. The fourth-order valence-corrected chi connectivity index (χ4v) is 3.02. The third kappa shape index (κ3) is 1.83. The number of nitrogens with zero attached hydrogens (tertiary/aromatic N) is 3. The molecule has 0 bridgehead atoms. The van der Waals surface area contributed by atoms with Crippen molar-refractivity contribution in [3.05, 3.63) is 22.1 Å². The van der Waals surface area contributed by atoms with Crippen LogP contribution >= 0.6 is 12.2 Å². The van der Waals surface area contributed by atoms with Gasteiger partial charge in [0.2, 0.25) is 0 Å². The van der Waals surface area contributed by atoms with E-state index in [0.29, 0.717) is 12.4 Å². The average Bonchev–Trinajstić information content (AvgIpc) is 2.44. The van der Waals surface area contributed by atoms with E-state index in [1.165, 1.54) is 6.33 Å². The molecule has 0 spiro atoms. The van der Waals surface area contributed by atoms with Crippen LogP contribution in [0.1, 0.15) is 31.4 Å². The van der Waals surface area contributed by atoms with Gasteiger partial charge in [-0.3, -0.25) is 0 Å². The minimum atomic E-state index is -0.177. The van der Waals surface area contributed by atoms with Crippen molar-refractivity contribution in [2.24, 2.45) is 7.05 Å². The van der Waals surface area contributed by atoms with E-state index in [1.807, 2.05) is 11.6 Å². The topological polar surface area (TPSA) is 66.0 Å². The lowest BCUT2D eigenvalue weighted by atomic mass is 9.87. The highest BCUT2D eigenvalue weighted by Crippen LogP contribution is 2.36. The van der Waals surface area contributed by atoms with Crippen LogP contribution in [0.4, 0.5) is 5.82 Å². The van der Waals surface area contributed by atoms with Crippen molar-refractivity contribution in [3.63, 3.8) is 0 Å². The molecule has 2 aromatic heterocycles. The van der Waals surface area contributed by atoms with Gasteiger partial charge in [0.05, 0.1) is 17.6 Å². The predicted octanol–water partition coefficient (Wildman–Crippen LogP) is 2.52. The molecule has 1 aliphatic rings. The summed E-state index contributed by atoms with van der Waals surface area (Å²) in [6, 6.07) is 0. The number of hydrogen-bond acceptors (Lipinski definition) is 5. The summed E-state index contributed by atoms with van der Waals surface area (Å²) in [6.07, 6.45) is 3.21. The van der Waals surface area contributed by atoms with E-state index in [1.54, 1.807) is 0 Å². The molecule has 106 valence electrons. The number of hydrogen-bond donors (Lipinski definition) is 1. The second-order valence-corrected chi connectivity index (χ2v) is 5.93. The third-order valence-corrected chi connectivity index (χ3v) is 4.79. The van der Waals surface area contributed by atoms with Gasteiger partial charge in [-0.15, -0.1) is 0 Å². The first kappa shape index (κ1) is 13.5. The molecule has 0 fully saturated rings. The highest BCUT2D eigenvalue weighted by molar-refractivity contribution is 7.71. The Morgan fingerprint density at radius 2 is 2.20 bits per heavy atom. The Morgan fingerprint density at radius 3 is 2.90 bits per heavy atom. The van der Waals surface area contributed by atoms with Gasteiger partial charge in [-0.25, -0.2) is 9.97 Å². The lowest BCUT2D eigenvalue weighted by molar-refractivity contribution is -0.0563. The summed E-state index contributed by atoms with van der Waals surface area (Å²) < 4.78 is 8.66. The molecule has 3 rings (SSSR count). The fraction of sp³-hybridized carbons (Fsp3) is 0.500. The molecule has 2 aromatic rings. The molecule has 0 saturated carbocycles. The first-order valence-electron chi connectivity index (χ1n) is 6.71. The summed E-state index contributed by atoms with van der Waals surface area (Å²) in [5.74, 6) is 0.511. The van der Waals surface area contributed by atoms with Gasteiger partial charge in [-0.05, 0) is 18.9 Å². The number of ether oxygens (including phenoxy) is 1. The van der Waals surface area contributed by atoms with Crippen molar-refractivity contribution in [2.75, 3.05) is 5.73 Å². The van der Waals surface area contributed by atoms with Crippen LogP contribution in [0.3, 0.4) is 0 Å². The standard InChI is InChI=1S/C14H18N4OS/c1-4-14(2)5-8-9(6-19-14)13(20)18(3)12-10(8)11(15)16-7-17-12/h7H,4-6H2,1-3H3,(H2,15,16,17)/t14-/m0/s1. The Hall–Kier alpha value is -1.53. The molecule has 2 N–H and O–H groups in total. The lowest BCUT2D eigenvalue weighted by Crippen LogP contribution is -2.35. The zero-order valence-corrected chi connectivity index (χ0v) is 12.8. The molecule has 20 heavy (non-hydrogen) atoms. The summed E-state index contributed by atoms with van der Waals surface area (Å²) in [6.45, 7) is 4.78. The van der Waals surface area contributed by atoms with Gasteiger partial charge in [-0.2, -0.15) is 0 Å². The summed E-state index contributed by atoms with van der Waals surface area (Å²) in [4.78, 5) is 8.49. The summed E-state index contributed by atoms with van der Waals surface area (Å²) in [5, 5.41) is 0.918.